The summed E-state index contributed by atoms with van der Waals surface area (Å²) < 4.78 is 50.7. The second kappa shape index (κ2) is 21.6. The fourth-order valence-electron chi connectivity index (χ4n) is 6.66. The molecule has 0 aliphatic carbocycles. The van der Waals surface area contributed by atoms with Gasteiger partial charge in [-0.05, 0) is 42.3 Å². The second-order valence-electron chi connectivity index (χ2n) is 14.0. The van der Waals surface area contributed by atoms with Crippen LogP contribution in [0.1, 0.15) is 126 Å². The Morgan fingerprint density at radius 3 is 2.28 bits per heavy atom. The van der Waals surface area contributed by atoms with Gasteiger partial charge >= 0.3 is 7.82 Å². The second-order valence-corrected chi connectivity index (χ2v) is 15.4. The minimum Gasteiger partial charge on any atom is -0.387 e. The normalized spacial score (nSPS) is 21.5. The van der Waals surface area contributed by atoms with Gasteiger partial charge in [-0.3, -0.25) is 9.05 Å². The molecule has 1 unspecified atom stereocenters. The minimum atomic E-state index is -4.87. The predicted octanol–water partition coefficient (Wildman–Crippen LogP) is 6.97. The van der Waals surface area contributed by atoms with Crippen LogP contribution in [-0.4, -0.2) is 66.8 Å². The van der Waals surface area contributed by atoms with E-state index >= 15 is 0 Å². The highest BCUT2D eigenvalue weighted by molar-refractivity contribution is 7.47. The van der Waals surface area contributed by atoms with Crippen molar-refractivity contribution in [2.24, 2.45) is 0 Å². The van der Waals surface area contributed by atoms with E-state index in [4.69, 9.17) is 24.3 Å². The van der Waals surface area contributed by atoms with Gasteiger partial charge in [0.05, 0.1) is 36.6 Å². The van der Waals surface area contributed by atoms with Crippen LogP contribution in [0.3, 0.4) is 0 Å². The van der Waals surface area contributed by atoms with Gasteiger partial charge in [-0.25, -0.2) is 18.5 Å². The van der Waals surface area contributed by atoms with Gasteiger partial charge in [0.1, 0.15) is 48.6 Å². The lowest BCUT2D eigenvalue weighted by Gasteiger charge is -2.26. The van der Waals surface area contributed by atoms with Crippen molar-refractivity contribution in [3.63, 3.8) is 0 Å². The lowest BCUT2D eigenvalue weighted by molar-refractivity contribution is -0.0763. The van der Waals surface area contributed by atoms with Crippen LogP contribution >= 0.6 is 7.82 Å². The number of anilines is 1. The Balaban J connectivity index is 1.28. The average molecular weight is 773 g/mol. The SMILES string of the molecule is CCCCCCCCCCCCCCCC[C@H](COP(=O)(O)OC[C@@]1(C#N)O[C@@H](c2ccc3c(N)ncnn23)[C@H](O)[C@@H]1O)OCc1cc(F)cc(C#N)c1. The molecule has 296 valence electrons. The summed E-state index contributed by atoms with van der Waals surface area (Å²) in [6, 6.07) is 10.7. The van der Waals surface area contributed by atoms with Crippen LogP contribution in [0.5, 0.6) is 0 Å². The molecule has 0 spiro atoms. The Kier molecular flexibility index (Phi) is 17.3. The Morgan fingerprint density at radius 2 is 1.65 bits per heavy atom. The maximum Gasteiger partial charge on any atom is 0.472 e. The van der Waals surface area contributed by atoms with E-state index in [0.29, 0.717) is 17.5 Å². The number of halogens is 1. The monoisotopic (exact) mass is 772 g/mol. The zero-order valence-electron chi connectivity index (χ0n) is 31.0. The number of unbranched alkanes of at least 4 members (excludes halogenated alkanes) is 13. The van der Waals surface area contributed by atoms with Crippen LogP contribution in [0, 0.1) is 28.5 Å². The number of nitriles is 2. The molecule has 6 atom stereocenters. The molecule has 4 rings (SSSR count). The number of phosphoric acid groups is 1. The number of nitrogens with two attached hydrogens (primary N) is 1. The summed E-state index contributed by atoms with van der Waals surface area (Å²) >= 11 is 0. The van der Waals surface area contributed by atoms with Crippen LogP contribution < -0.4 is 5.73 Å². The summed E-state index contributed by atoms with van der Waals surface area (Å²) in [4.78, 5) is 14.5. The third kappa shape index (κ3) is 12.5. The van der Waals surface area contributed by atoms with E-state index in [1.807, 2.05) is 6.07 Å². The van der Waals surface area contributed by atoms with Crippen LogP contribution in [0.4, 0.5) is 10.2 Å². The van der Waals surface area contributed by atoms with E-state index in [9.17, 15) is 34.6 Å². The molecule has 14 nitrogen and oxygen atoms in total. The molecule has 16 heteroatoms. The van der Waals surface area contributed by atoms with Gasteiger partial charge in [-0.2, -0.15) is 15.6 Å². The fraction of sp³-hybridized carbons (Fsp3) is 0.632. The van der Waals surface area contributed by atoms with Gasteiger partial charge in [0.25, 0.3) is 0 Å². The molecular formula is C38H54FN6O8P. The maximum atomic E-state index is 14.1. The first-order chi connectivity index (χ1) is 26.0. The Morgan fingerprint density at radius 1 is 1.00 bits per heavy atom. The van der Waals surface area contributed by atoms with Gasteiger partial charge in [-0.1, -0.05) is 96.8 Å². The molecule has 0 saturated carbocycles. The molecule has 1 saturated heterocycles. The Hall–Kier alpha value is -3.50. The highest BCUT2D eigenvalue weighted by Crippen LogP contribution is 2.48. The number of phosphoric ester groups is 1. The maximum absolute atomic E-state index is 14.1. The number of benzene rings is 1. The summed E-state index contributed by atoms with van der Waals surface area (Å²) in [5.41, 5.74) is 4.88. The van der Waals surface area contributed by atoms with E-state index in [1.54, 1.807) is 18.2 Å². The molecule has 1 aliphatic rings. The summed E-state index contributed by atoms with van der Waals surface area (Å²) in [7, 11) is -4.87. The third-order valence-corrected chi connectivity index (χ3v) is 10.7. The lowest BCUT2D eigenvalue weighted by Crippen LogP contribution is -2.45. The van der Waals surface area contributed by atoms with E-state index < -0.39 is 50.3 Å². The Bertz CT molecular complexity index is 1750. The largest absolute Gasteiger partial charge is 0.472 e. The molecule has 2 aromatic heterocycles. The summed E-state index contributed by atoms with van der Waals surface area (Å²) in [6.07, 6.45) is 12.9. The summed E-state index contributed by atoms with van der Waals surface area (Å²) in [5.74, 6) is -0.426. The van der Waals surface area contributed by atoms with Gasteiger partial charge < -0.3 is 30.3 Å². The van der Waals surface area contributed by atoms with Crippen LogP contribution in [0.2, 0.25) is 0 Å². The van der Waals surface area contributed by atoms with E-state index in [2.05, 4.69) is 17.0 Å². The van der Waals surface area contributed by atoms with Crippen molar-refractivity contribution in [2.75, 3.05) is 18.9 Å². The van der Waals surface area contributed by atoms with Gasteiger partial charge in [0.15, 0.2) is 5.82 Å². The number of nitrogen functional groups attached to an aromatic ring is 1. The molecule has 1 aliphatic heterocycles. The molecular weight excluding hydrogens is 718 g/mol. The van der Waals surface area contributed by atoms with Crippen LogP contribution in [-0.2, 0) is 29.7 Å². The summed E-state index contributed by atoms with van der Waals surface area (Å²) in [6.45, 7) is 0.863. The van der Waals surface area contributed by atoms with Crippen molar-refractivity contribution >= 4 is 19.2 Å². The summed E-state index contributed by atoms with van der Waals surface area (Å²) in [5, 5.41) is 45.1. The topological polar surface area (TPSA) is 218 Å². The zero-order chi connectivity index (χ0) is 39.0. The first-order valence-corrected chi connectivity index (χ1v) is 20.5. The van der Waals surface area contributed by atoms with Crippen molar-refractivity contribution in [3.05, 3.63) is 59.3 Å². The van der Waals surface area contributed by atoms with Crippen molar-refractivity contribution < 1.29 is 42.6 Å². The minimum absolute atomic E-state index is 0.0719. The quantitative estimate of drug-likeness (QED) is 0.0506. The average Bonchev–Trinajstić information content (AvgIpc) is 3.70. The van der Waals surface area contributed by atoms with Crippen molar-refractivity contribution in [2.45, 2.75) is 140 Å². The van der Waals surface area contributed by atoms with E-state index in [0.717, 1.165) is 31.7 Å². The standard InChI is InChI=1S/C38H54FN6O8P/c1-2-3-4-5-6-7-8-9-10-11-12-13-14-15-16-31(50-23-29-19-28(22-40)20-30(39)21-29)24-51-54(48,49)52-26-38(25-41)36(47)34(46)35(53-38)32-17-18-33-37(42)43-27-44-45(32)33/h17-21,27,31,34-36,46-47H,2-16,23-24,26H2,1H3,(H,48,49)(H2,42,43,44)/t31-,34+,35+,36+,38-/m1/s1. The Labute approximate surface area is 316 Å². The number of rotatable bonds is 25. The van der Waals surface area contributed by atoms with Gasteiger partial charge in [-0.15, -0.1) is 0 Å². The number of hydrogen-bond donors (Lipinski definition) is 4. The van der Waals surface area contributed by atoms with Crippen molar-refractivity contribution in [1.29, 1.82) is 10.5 Å². The van der Waals surface area contributed by atoms with E-state index in [-0.39, 0.29) is 30.3 Å². The smallest absolute Gasteiger partial charge is 0.387 e. The highest BCUT2D eigenvalue weighted by atomic mass is 31.2. The highest BCUT2D eigenvalue weighted by Gasteiger charge is 2.57. The molecule has 54 heavy (non-hydrogen) atoms. The van der Waals surface area contributed by atoms with Crippen LogP contribution in [0.15, 0.2) is 36.7 Å². The van der Waals surface area contributed by atoms with Crippen molar-refractivity contribution in [3.8, 4) is 12.1 Å². The zero-order valence-corrected chi connectivity index (χ0v) is 31.9. The van der Waals surface area contributed by atoms with Crippen LogP contribution in [0.25, 0.3) is 5.52 Å². The van der Waals surface area contributed by atoms with E-state index in [1.165, 1.54) is 87.2 Å². The van der Waals surface area contributed by atoms with Gasteiger partial charge in [0, 0.05) is 0 Å². The molecule has 1 fully saturated rings. The van der Waals surface area contributed by atoms with Gasteiger partial charge in [0.2, 0.25) is 5.60 Å². The molecule has 1 aromatic carbocycles. The molecule has 3 aromatic rings. The fourth-order valence-corrected chi connectivity index (χ4v) is 7.45. The first-order valence-electron chi connectivity index (χ1n) is 19.0. The number of hydrogen-bond acceptors (Lipinski definition) is 12. The third-order valence-electron chi connectivity index (χ3n) is 9.76. The van der Waals surface area contributed by atoms with Crippen molar-refractivity contribution in [1.82, 2.24) is 14.6 Å². The molecule has 3 heterocycles. The number of fused-ring (bicyclic) bond motifs is 1. The molecule has 0 amide bonds. The lowest BCUT2D eigenvalue weighted by atomic mass is 9.96. The number of aromatic nitrogens is 3. The number of ether oxygens (including phenoxy) is 2. The molecule has 0 radical (unpaired) electrons. The number of nitrogens with zero attached hydrogens (tertiary/aromatic N) is 5. The first kappa shape index (κ1) is 43.2. The number of aliphatic hydroxyl groups excluding tert-OH is 2. The molecule has 5 N–H and O–H groups in total. The molecule has 0 bridgehead atoms. The number of aliphatic hydroxyl groups is 2. The predicted molar refractivity (Wildman–Crippen MR) is 198 cm³/mol.